The Balaban J connectivity index is 2.16. The monoisotopic (exact) mass is 334 g/mol. The van der Waals surface area contributed by atoms with Crippen LogP contribution in [0.15, 0.2) is 47.3 Å². The standard InChI is InChI=1S/C14H8BrClN2O/c15-8-1-2-12(16)9(5-8)14(19)11-7-18-13-3-4-17-6-10(11)13/h1-7,18H. The lowest BCUT2D eigenvalue weighted by atomic mass is 10.0. The van der Waals surface area contributed by atoms with Gasteiger partial charge in [-0.15, -0.1) is 0 Å². The highest BCUT2D eigenvalue weighted by atomic mass is 79.9. The van der Waals surface area contributed by atoms with Crippen molar-refractivity contribution in [1.82, 2.24) is 9.97 Å². The number of ketones is 1. The number of H-pyrrole nitrogens is 1. The number of carbonyl (C=O) groups excluding carboxylic acids is 1. The minimum absolute atomic E-state index is 0.120. The Bertz CT molecular complexity index is 782. The first-order chi connectivity index (χ1) is 9.16. The summed E-state index contributed by atoms with van der Waals surface area (Å²) in [5.74, 6) is -0.120. The number of aromatic amines is 1. The summed E-state index contributed by atoms with van der Waals surface area (Å²) >= 11 is 9.44. The Kier molecular flexibility index (Phi) is 3.12. The fourth-order valence-corrected chi connectivity index (χ4v) is 2.53. The smallest absolute Gasteiger partial charge is 0.196 e. The molecule has 2 aromatic heterocycles. The van der Waals surface area contributed by atoms with Gasteiger partial charge in [-0.25, -0.2) is 0 Å². The third kappa shape index (κ3) is 2.17. The second kappa shape index (κ2) is 4.79. The summed E-state index contributed by atoms with van der Waals surface area (Å²) in [6.07, 6.45) is 5.04. The molecule has 0 aliphatic heterocycles. The summed E-state index contributed by atoms with van der Waals surface area (Å²) in [6.45, 7) is 0. The van der Waals surface area contributed by atoms with Crippen molar-refractivity contribution >= 4 is 44.2 Å². The van der Waals surface area contributed by atoms with Gasteiger partial charge >= 0.3 is 0 Å². The van der Waals surface area contributed by atoms with Crippen LogP contribution in [-0.4, -0.2) is 15.8 Å². The molecule has 94 valence electrons. The van der Waals surface area contributed by atoms with E-state index >= 15 is 0 Å². The normalized spacial score (nSPS) is 10.8. The Morgan fingerprint density at radius 1 is 1.26 bits per heavy atom. The van der Waals surface area contributed by atoms with Crippen LogP contribution >= 0.6 is 27.5 Å². The Hall–Kier alpha value is -1.65. The topological polar surface area (TPSA) is 45.8 Å². The lowest BCUT2D eigenvalue weighted by molar-refractivity contribution is 0.104. The molecule has 0 atom stereocenters. The van der Waals surface area contributed by atoms with E-state index in [2.05, 4.69) is 25.9 Å². The maximum Gasteiger partial charge on any atom is 0.196 e. The molecule has 0 fully saturated rings. The van der Waals surface area contributed by atoms with E-state index in [1.807, 2.05) is 6.07 Å². The van der Waals surface area contributed by atoms with E-state index in [1.54, 1.807) is 36.8 Å². The SMILES string of the molecule is O=C(c1cc(Br)ccc1Cl)c1c[nH]c2ccncc12. The molecule has 0 spiro atoms. The Labute approximate surface area is 122 Å². The molecule has 0 aliphatic rings. The number of benzene rings is 1. The van der Waals surface area contributed by atoms with Gasteiger partial charge in [0.05, 0.1) is 5.02 Å². The third-order valence-corrected chi connectivity index (χ3v) is 3.72. The molecule has 0 aliphatic carbocycles. The number of fused-ring (bicyclic) bond motifs is 1. The highest BCUT2D eigenvalue weighted by Gasteiger charge is 2.17. The summed E-state index contributed by atoms with van der Waals surface area (Å²) in [7, 11) is 0. The Morgan fingerprint density at radius 2 is 2.11 bits per heavy atom. The van der Waals surface area contributed by atoms with Gasteiger partial charge in [0.2, 0.25) is 0 Å². The quantitative estimate of drug-likeness (QED) is 0.713. The predicted molar refractivity (Wildman–Crippen MR) is 78.7 cm³/mol. The zero-order chi connectivity index (χ0) is 13.4. The number of hydrogen-bond donors (Lipinski definition) is 1. The summed E-state index contributed by atoms with van der Waals surface area (Å²) in [5.41, 5.74) is 1.92. The first kappa shape index (κ1) is 12.4. The second-order valence-electron chi connectivity index (χ2n) is 4.08. The molecule has 1 aromatic carbocycles. The van der Waals surface area contributed by atoms with Gasteiger partial charge in [-0.2, -0.15) is 0 Å². The molecule has 0 unspecified atom stereocenters. The molecule has 19 heavy (non-hydrogen) atoms. The van der Waals surface area contributed by atoms with Gasteiger partial charge in [-0.3, -0.25) is 9.78 Å². The molecule has 5 heteroatoms. The van der Waals surface area contributed by atoms with Gasteiger partial charge in [0.25, 0.3) is 0 Å². The van der Waals surface area contributed by atoms with Crippen molar-refractivity contribution in [2.75, 3.05) is 0 Å². The lowest BCUT2D eigenvalue weighted by Crippen LogP contribution is -2.01. The van der Waals surface area contributed by atoms with Crippen molar-refractivity contribution in [3.05, 3.63) is 63.5 Å². The highest BCUT2D eigenvalue weighted by Crippen LogP contribution is 2.26. The first-order valence-corrected chi connectivity index (χ1v) is 6.75. The van der Waals surface area contributed by atoms with Crippen LogP contribution in [0.2, 0.25) is 5.02 Å². The molecular weight excluding hydrogens is 328 g/mol. The van der Waals surface area contributed by atoms with E-state index in [4.69, 9.17) is 11.6 Å². The average molecular weight is 336 g/mol. The summed E-state index contributed by atoms with van der Waals surface area (Å²) < 4.78 is 0.818. The molecule has 0 radical (unpaired) electrons. The second-order valence-corrected chi connectivity index (χ2v) is 5.40. The van der Waals surface area contributed by atoms with Gasteiger partial charge in [-0.05, 0) is 24.3 Å². The van der Waals surface area contributed by atoms with Crippen LogP contribution in [0.4, 0.5) is 0 Å². The summed E-state index contributed by atoms with van der Waals surface area (Å²) in [4.78, 5) is 19.6. The van der Waals surface area contributed by atoms with Crippen LogP contribution in [0.3, 0.4) is 0 Å². The third-order valence-electron chi connectivity index (χ3n) is 2.90. The molecule has 3 nitrogen and oxygen atoms in total. The minimum Gasteiger partial charge on any atom is -0.360 e. The van der Waals surface area contributed by atoms with Gasteiger partial charge in [0.15, 0.2) is 5.78 Å². The maximum absolute atomic E-state index is 12.5. The molecule has 0 saturated carbocycles. The number of halogens is 2. The Morgan fingerprint density at radius 3 is 2.95 bits per heavy atom. The van der Waals surface area contributed by atoms with E-state index in [0.29, 0.717) is 16.1 Å². The van der Waals surface area contributed by atoms with Crippen LogP contribution in [0.25, 0.3) is 10.9 Å². The number of nitrogens with zero attached hydrogens (tertiary/aromatic N) is 1. The van der Waals surface area contributed by atoms with Crippen LogP contribution in [0.1, 0.15) is 15.9 Å². The van der Waals surface area contributed by atoms with Crippen LogP contribution in [-0.2, 0) is 0 Å². The van der Waals surface area contributed by atoms with Gasteiger partial charge in [0, 0.05) is 45.1 Å². The van der Waals surface area contributed by atoms with Crippen molar-refractivity contribution in [1.29, 1.82) is 0 Å². The molecular formula is C14H8BrClN2O. The number of carbonyl (C=O) groups is 1. The molecule has 3 aromatic rings. The fourth-order valence-electron chi connectivity index (χ4n) is 1.97. The van der Waals surface area contributed by atoms with Crippen molar-refractivity contribution < 1.29 is 4.79 Å². The molecule has 0 amide bonds. The molecule has 1 N–H and O–H groups in total. The predicted octanol–water partition coefficient (Wildman–Crippen LogP) is 4.21. The molecule has 0 bridgehead atoms. The summed E-state index contributed by atoms with van der Waals surface area (Å²) in [6, 6.07) is 7.05. The molecule has 3 rings (SSSR count). The minimum atomic E-state index is -0.120. The average Bonchev–Trinajstić information content (AvgIpc) is 2.84. The van der Waals surface area contributed by atoms with Crippen LogP contribution in [0, 0.1) is 0 Å². The number of hydrogen-bond acceptors (Lipinski definition) is 2. The molecule has 0 saturated heterocycles. The van der Waals surface area contributed by atoms with Gasteiger partial charge in [0.1, 0.15) is 0 Å². The van der Waals surface area contributed by atoms with Crippen LogP contribution in [0.5, 0.6) is 0 Å². The fraction of sp³-hybridized carbons (Fsp3) is 0. The highest BCUT2D eigenvalue weighted by molar-refractivity contribution is 9.10. The van der Waals surface area contributed by atoms with Crippen LogP contribution < -0.4 is 0 Å². The largest absolute Gasteiger partial charge is 0.360 e. The summed E-state index contributed by atoms with van der Waals surface area (Å²) in [5, 5.41) is 1.23. The zero-order valence-corrected chi connectivity index (χ0v) is 12.0. The van der Waals surface area contributed by atoms with Crippen molar-refractivity contribution in [2.24, 2.45) is 0 Å². The van der Waals surface area contributed by atoms with E-state index in [-0.39, 0.29) is 5.78 Å². The van der Waals surface area contributed by atoms with Gasteiger partial charge in [-0.1, -0.05) is 27.5 Å². The van der Waals surface area contributed by atoms with E-state index in [0.717, 1.165) is 15.4 Å². The number of nitrogens with one attached hydrogen (secondary N) is 1. The zero-order valence-electron chi connectivity index (χ0n) is 9.65. The van der Waals surface area contributed by atoms with Crippen molar-refractivity contribution in [3.8, 4) is 0 Å². The van der Waals surface area contributed by atoms with Gasteiger partial charge < -0.3 is 4.98 Å². The molecule has 2 heterocycles. The van der Waals surface area contributed by atoms with Crippen molar-refractivity contribution in [2.45, 2.75) is 0 Å². The first-order valence-electron chi connectivity index (χ1n) is 5.57. The van der Waals surface area contributed by atoms with E-state index < -0.39 is 0 Å². The maximum atomic E-state index is 12.5. The van der Waals surface area contributed by atoms with Crippen molar-refractivity contribution in [3.63, 3.8) is 0 Å². The number of rotatable bonds is 2. The van der Waals surface area contributed by atoms with E-state index in [1.165, 1.54) is 0 Å². The lowest BCUT2D eigenvalue weighted by Gasteiger charge is -2.03. The number of aromatic nitrogens is 2. The number of pyridine rings is 1. The van der Waals surface area contributed by atoms with E-state index in [9.17, 15) is 4.79 Å².